The fraction of sp³-hybridized carbons (Fsp3) is 0.400. The van der Waals surface area contributed by atoms with Gasteiger partial charge in [-0.25, -0.2) is 0 Å². The van der Waals surface area contributed by atoms with E-state index in [0.29, 0.717) is 18.8 Å². The van der Waals surface area contributed by atoms with Crippen molar-refractivity contribution in [1.82, 2.24) is 9.47 Å². The number of aromatic nitrogens is 1. The zero-order valence-corrected chi connectivity index (χ0v) is 14.9. The first-order chi connectivity index (χ1) is 12.6. The van der Waals surface area contributed by atoms with Gasteiger partial charge in [0.2, 0.25) is 0 Å². The normalized spacial score (nSPS) is 16.6. The highest BCUT2D eigenvalue weighted by atomic mass is 16.5. The van der Waals surface area contributed by atoms with Crippen LogP contribution in [0, 0.1) is 0 Å². The highest BCUT2D eigenvalue weighted by Crippen LogP contribution is 2.23. The van der Waals surface area contributed by atoms with Crippen molar-refractivity contribution in [2.75, 3.05) is 19.7 Å². The van der Waals surface area contributed by atoms with Crippen molar-refractivity contribution in [3.05, 3.63) is 48.2 Å². The van der Waals surface area contributed by atoms with Crippen LogP contribution in [0.3, 0.4) is 0 Å². The average molecular weight is 356 g/mol. The smallest absolute Gasteiger partial charge is 0.305 e. The van der Waals surface area contributed by atoms with Gasteiger partial charge in [0.15, 0.2) is 0 Å². The topological polar surface area (TPSA) is 71.8 Å². The summed E-state index contributed by atoms with van der Waals surface area (Å²) in [5, 5.41) is 9.01. The number of carbonyl (C=O) groups excluding carboxylic acids is 1. The van der Waals surface area contributed by atoms with E-state index in [1.54, 1.807) is 11.0 Å². The highest BCUT2D eigenvalue weighted by molar-refractivity contribution is 5.94. The molecule has 2 aromatic rings. The van der Waals surface area contributed by atoms with Crippen molar-refractivity contribution >= 4 is 11.9 Å². The van der Waals surface area contributed by atoms with Crippen LogP contribution in [-0.4, -0.2) is 52.3 Å². The van der Waals surface area contributed by atoms with Crippen molar-refractivity contribution in [3.63, 3.8) is 0 Å². The molecule has 3 rings (SSSR count). The summed E-state index contributed by atoms with van der Waals surface area (Å²) in [6.45, 7) is 1.31. The summed E-state index contributed by atoms with van der Waals surface area (Å²) in [5.74, 6) is -1.07. The number of nitrogens with zero attached hydrogens (tertiary/aromatic N) is 2. The van der Waals surface area contributed by atoms with Crippen molar-refractivity contribution < 1.29 is 19.4 Å². The lowest BCUT2D eigenvalue weighted by Crippen LogP contribution is -2.39. The molecule has 0 radical (unpaired) electrons. The number of hydrogen-bond donors (Lipinski definition) is 1. The summed E-state index contributed by atoms with van der Waals surface area (Å²) in [4.78, 5) is 25.7. The van der Waals surface area contributed by atoms with E-state index in [2.05, 4.69) is 0 Å². The van der Waals surface area contributed by atoms with Crippen molar-refractivity contribution in [3.8, 4) is 11.3 Å². The Kier molecular flexibility index (Phi) is 5.73. The molecular formula is C20H24N2O4. The number of carbonyl (C=O) groups is 2. The molecule has 1 fully saturated rings. The number of hydrogen-bond acceptors (Lipinski definition) is 3. The zero-order chi connectivity index (χ0) is 18.5. The van der Waals surface area contributed by atoms with E-state index in [9.17, 15) is 9.59 Å². The molecule has 0 aliphatic carbocycles. The summed E-state index contributed by atoms with van der Waals surface area (Å²) < 4.78 is 7.49. The van der Waals surface area contributed by atoms with Gasteiger partial charge in [0.25, 0.3) is 5.91 Å². The molecule has 1 aliphatic heterocycles. The van der Waals surface area contributed by atoms with Gasteiger partial charge in [0, 0.05) is 32.4 Å². The molecule has 1 aromatic heterocycles. The molecule has 1 N–H and O–H groups in total. The molecule has 26 heavy (non-hydrogen) atoms. The maximum atomic E-state index is 13.1. The maximum absolute atomic E-state index is 13.1. The molecule has 6 heteroatoms. The Bertz CT molecular complexity index is 763. The highest BCUT2D eigenvalue weighted by Gasteiger charge is 2.25. The number of benzene rings is 1. The summed E-state index contributed by atoms with van der Waals surface area (Å²) in [7, 11) is 1.86. The monoisotopic (exact) mass is 356 g/mol. The van der Waals surface area contributed by atoms with Crippen molar-refractivity contribution in [1.29, 1.82) is 0 Å². The van der Waals surface area contributed by atoms with Crippen LogP contribution < -0.4 is 0 Å². The van der Waals surface area contributed by atoms with Gasteiger partial charge in [-0.3, -0.25) is 9.59 Å². The quantitative estimate of drug-likeness (QED) is 0.828. The molecule has 1 aliphatic rings. The Morgan fingerprint density at radius 3 is 2.65 bits per heavy atom. The second-order valence-electron chi connectivity index (χ2n) is 6.56. The molecule has 0 saturated carbocycles. The van der Waals surface area contributed by atoms with Crippen molar-refractivity contribution in [2.45, 2.75) is 25.4 Å². The second-order valence-corrected chi connectivity index (χ2v) is 6.56. The first-order valence-electron chi connectivity index (χ1n) is 8.90. The second kappa shape index (κ2) is 8.19. The third kappa shape index (κ3) is 4.14. The minimum atomic E-state index is -0.910. The average Bonchev–Trinajstić information content (AvgIpc) is 3.28. The molecule has 1 saturated heterocycles. The van der Waals surface area contributed by atoms with Gasteiger partial charge >= 0.3 is 5.97 Å². The molecule has 138 valence electrons. The fourth-order valence-corrected chi connectivity index (χ4v) is 3.33. The number of rotatable bonds is 7. The largest absolute Gasteiger partial charge is 0.481 e. The van der Waals surface area contributed by atoms with Crippen LogP contribution in [0.15, 0.2) is 42.5 Å². The minimum absolute atomic E-state index is 0.0124. The lowest BCUT2D eigenvalue weighted by Gasteiger charge is -2.25. The van der Waals surface area contributed by atoms with Crippen LogP contribution in [0.1, 0.15) is 29.8 Å². The number of carboxylic acids is 1. The van der Waals surface area contributed by atoms with E-state index in [4.69, 9.17) is 9.84 Å². The molecular weight excluding hydrogens is 332 g/mol. The summed E-state index contributed by atoms with van der Waals surface area (Å²) in [5.41, 5.74) is 2.53. The number of carboxylic acid groups (broad SMARTS) is 1. The van der Waals surface area contributed by atoms with E-state index in [0.717, 1.165) is 24.1 Å². The zero-order valence-electron chi connectivity index (χ0n) is 14.9. The number of aliphatic carboxylic acids is 1. The van der Waals surface area contributed by atoms with Crippen LogP contribution in [-0.2, 0) is 16.6 Å². The van der Waals surface area contributed by atoms with E-state index >= 15 is 0 Å². The lowest BCUT2D eigenvalue weighted by molar-refractivity contribution is -0.137. The Labute approximate surface area is 153 Å². The third-order valence-electron chi connectivity index (χ3n) is 4.74. The Morgan fingerprint density at radius 1 is 1.23 bits per heavy atom. The van der Waals surface area contributed by atoms with Gasteiger partial charge in [-0.2, -0.15) is 0 Å². The molecule has 0 bridgehead atoms. The first kappa shape index (κ1) is 18.2. The SMILES string of the molecule is Cn1c(C(=O)N(CCC(=O)O)CC2CCCO2)ccc1-c1ccccc1. The maximum Gasteiger partial charge on any atom is 0.305 e. The van der Waals surface area contributed by atoms with Crippen LogP contribution in [0.4, 0.5) is 0 Å². The molecule has 1 atom stereocenters. The molecule has 1 aromatic carbocycles. The van der Waals surface area contributed by atoms with Gasteiger partial charge in [-0.05, 0) is 30.5 Å². The van der Waals surface area contributed by atoms with Gasteiger partial charge in [0.05, 0.1) is 12.5 Å². The molecule has 2 heterocycles. The summed E-state index contributed by atoms with van der Waals surface area (Å²) in [6.07, 6.45) is 1.79. The molecule has 0 spiro atoms. The third-order valence-corrected chi connectivity index (χ3v) is 4.74. The van der Waals surface area contributed by atoms with Gasteiger partial charge in [-0.15, -0.1) is 0 Å². The molecule has 1 unspecified atom stereocenters. The Balaban J connectivity index is 1.81. The van der Waals surface area contributed by atoms with Crippen LogP contribution >= 0.6 is 0 Å². The van der Waals surface area contributed by atoms with Crippen LogP contribution in [0.2, 0.25) is 0 Å². The molecule has 6 nitrogen and oxygen atoms in total. The lowest BCUT2D eigenvalue weighted by atomic mass is 10.2. The predicted molar refractivity (Wildman–Crippen MR) is 98.0 cm³/mol. The summed E-state index contributed by atoms with van der Waals surface area (Å²) >= 11 is 0. The van der Waals surface area contributed by atoms with Crippen molar-refractivity contribution in [2.24, 2.45) is 7.05 Å². The van der Waals surface area contributed by atoms with E-state index in [-0.39, 0.29) is 25.0 Å². The van der Waals surface area contributed by atoms with Gasteiger partial charge in [-0.1, -0.05) is 30.3 Å². The Hall–Kier alpha value is -2.60. The number of amides is 1. The van der Waals surface area contributed by atoms with Gasteiger partial charge < -0.3 is 19.3 Å². The fourth-order valence-electron chi connectivity index (χ4n) is 3.33. The Morgan fingerprint density at radius 2 is 2.00 bits per heavy atom. The summed E-state index contributed by atoms with van der Waals surface area (Å²) in [6, 6.07) is 13.6. The standard InChI is InChI=1S/C20H24N2O4/c1-21-17(15-6-3-2-4-7-15)9-10-18(21)20(25)22(12-11-19(23)24)14-16-8-5-13-26-16/h2-4,6-7,9-10,16H,5,8,11-14H2,1H3,(H,23,24). The van der Waals surface area contributed by atoms with E-state index in [1.165, 1.54) is 0 Å². The van der Waals surface area contributed by atoms with Crippen LogP contribution in [0.5, 0.6) is 0 Å². The molecule has 1 amide bonds. The van der Waals surface area contributed by atoms with E-state index in [1.807, 2.05) is 48.0 Å². The first-order valence-corrected chi connectivity index (χ1v) is 8.90. The van der Waals surface area contributed by atoms with Gasteiger partial charge in [0.1, 0.15) is 5.69 Å². The number of ether oxygens (including phenoxy) is 1. The van der Waals surface area contributed by atoms with Crippen LogP contribution in [0.25, 0.3) is 11.3 Å². The predicted octanol–water partition coefficient (Wildman–Crippen LogP) is 2.79. The van der Waals surface area contributed by atoms with E-state index < -0.39 is 5.97 Å². The minimum Gasteiger partial charge on any atom is -0.481 e.